The van der Waals surface area contributed by atoms with Gasteiger partial charge in [0.2, 0.25) is 0 Å². The summed E-state index contributed by atoms with van der Waals surface area (Å²) >= 11 is 0. The molecule has 1 saturated carbocycles. The largest absolute Gasteiger partial charge is 0.481 e. The van der Waals surface area contributed by atoms with Gasteiger partial charge in [-0.2, -0.15) is 0 Å². The van der Waals surface area contributed by atoms with Crippen molar-refractivity contribution in [1.29, 1.82) is 0 Å². The van der Waals surface area contributed by atoms with Crippen molar-refractivity contribution < 1.29 is 14.6 Å². The molecule has 0 heterocycles. The molecule has 4 heteroatoms. The molecule has 0 aliphatic heterocycles. The van der Waals surface area contributed by atoms with Crippen LogP contribution in [0.4, 0.5) is 0 Å². The molecule has 1 aliphatic carbocycles. The number of ether oxygens (including phenoxy) is 1. The van der Waals surface area contributed by atoms with Gasteiger partial charge in [-0.1, -0.05) is 6.92 Å². The lowest BCUT2D eigenvalue weighted by Crippen LogP contribution is -2.24. The summed E-state index contributed by atoms with van der Waals surface area (Å²) in [6, 6.07) is 0. The lowest BCUT2D eigenvalue weighted by Gasteiger charge is -2.18. The maximum absolute atomic E-state index is 10.8. The fourth-order valence-corrected chi connectivity index (χ4v) is 2.27. The number of nitrogens with two attached hydrogens (primary N) is 1. The Balaban J connectivity index is 2.45. The third kappa shape index (κ3) is 2.25. The summed E-state index contributed by atoms with van der Waals surface area (Å²) in [5, 5.41) is 8.88. The summed E-state index contributed by atoms with van der Waals surface area (Å²) in [5.41, 5.74) is 5.49. The maximum atomic E-state index is 10.8. The van der Waals surface area contributed by atoms with E-state index in [9.17, 15) is 4.79 Å². The molecule has 3 N–H and O–H groups in total. The Kier molecular flexibility index (Phi) is 3.50. The van der Waals surface area contributed by atoms with E-state index in [2.05, 4.69) is 6.92 Å². The number of rotatable bonds is 6. The van der Waals surface area contributed by atoms with Crippen molar-refractivity contribution in [2.45, 2.75) is 19.8 Å². The minimum Gasteiger partial charge on any atom is -0.481 e. The average Bonchev–Trinajstić information content (AvgIpc) is 2.81. The number of aliphatic carboxylic acids is 1. The van der Waals surface area contributed by atoms with Gasteiger partial charge in [0.05, 0.1) is 5.92 Å². The molecule has 0 aromatic rings. The van der Waals surface area contributed by atoms with E-state index < -0.39 is 5.97 Å². The Hall–Kier alpha value is -0.610. The summed E-state index contributed by atoms with van der Waals surface area (Å²) in [7, 11) is 1.66. The molecule has 0 saturated heterocycles. The van der Waals surface area contributed by atoms with Crippen molar-refractivity contribution in [3.8, 4) is 0 Å². The van der Waals surface area contributed by atoms with Gasteiger partial charge in [0, 0.05) is 13.7 Å². The smallest absolute Gasteiger partial charge is 0.307 e. The zero-order valence-corrected chi connectivity index (χ0v) is 8.82. The van der Waals surface area contributed by atoms with E-state index in [1.807, 2.05) is 0 Å². The number of hydrogen-bond donors (Lipinski definition) is 2. The Labute approximate surface area is 84.4 Å². The zero-order valence-electron chi connectivity index (χ0n) is 8.82. The Morgan fingerprint density at radius 2 is 2.43 bits per heavy atom. The lowest BCUT2D eigenvalue weighted by atomic mass is 9.91. The van der Waals surface area contributed by atoms with Gasteiger partial charge in [0.25, 0.3) is 0 Å². The molecule has 0 aromatic heterocycles. The number of hydrogen-bond acceptors (Lipinski definition) is 3. The van der Waals surface area contributed by atoms with Crippen molar-refractivity contribution in [2.75, 3.05) is 20.3 Å². The molecule has 82 valence electrons. The second-order valence-corrected chi connectivity index (χ2v) is 4.43. The highest BCUT2D eigenvalue weighted by molar-refractivity contribution is 5.74. The number of carboxylic acids is 1. The fraction of sp³-hybridized carbons (Fsp3) is 0.900. The van der Waals surface area contributed by atoms with Gasteiger partial charge in [-0.15, -0.1) is 0 Å². The van der Waals surface area contributed by atoms with E-state index in [1.165, 1.54) is 0 Å². The monoisotopic (exact) mass is 201 g/mol. The van der Waals surface area contributed by atoms with Gasteiger partial charge in [-0.05, 0) is 30.7 Å². The molecule has 3 unspecified atom stereocenters. The van der Waals surface area contributed by atoms with Crippen LogP contribution < -0.4 is 5.73 Å². The molecule has 3 atom stereocenters. The van der Waals surface area contributed by atoms with Gasteiger partial charge < -0.3 is 15.6 Å². The van der Waals surface area contributed by atoms with Crippen LogP contribution in [0.3, 0.4) is 0 Å². The van der Waals surface area contributed by atoms with Gasteiger partial charge >= 0.3 is 5.97 Å². The topological polar surface area (TPSA) is 72.5 Å². The molecule has 14 heavy (non-hydrogen) atoms. The van der Waals surface area contributed by atoms with Crippen LogP contribution in [0, 0.1) is 17.3 Å². The molecular formula is C10H19NO3. The molecule has 0 spiro atoms. The minimum absolute atomic E-state index is 0.149. The average molecular weight is 201 g/mol. The second kappa shape index (κ2) is 4.28. The molecule has 0 amide bonds. The van der Waals surface area contributed by atoms with Crippen LogP contribution in [0.5, 0.6) is 0 Å². The lowest BCUT2D eigenvalue weighted by molar-refractivity contribution is -0.139. The predicted molar refractivity (Wildman–Crippen MR) is 52.9 cm³/mol. The summed E-state index contributed by atoms with van der Waals surface area (Å²) in [4.78, 5) is 10.8. The Morgan fingerprint density at radius 1 is 1.79 bits per heavy atom. The number of carboxylic acid groups (broad SMARTS) is 1. The standard InChI is InChI=1S/C10H19NO3/c1-7(5-14-2)3-10(6-11)4-8(10)9(12)13/h7-8H,3-6,11H2,1-2H3,(H,12,13). The summed E-state index contributed by atoms with van der Waals surface area (Å²) in [6.45, 7) is 3.21. The molecule has 0 bridgehead atoms. The highest BCUT2D eigenvalue weighted by atomic mass is 16.5. The molecule has 0 aromatic carbocycles. The fourth-order valence-electron chi connectivity index (χ4n) is 2.27. The third-order valence-corrected chi connectivity index (χ3v) is 3.10. The van der Waals surface area contributed by atoms with Crippen molar-refractivity contribution in [3.63, 3.8) is 0 Å². The van der Waals surface area contributed by atoms with Gasteiger partial charge in [-0.25, -0.2) is 0 Å². The zero-order chi connectivity index (χ0) is 10.8. The molecular weight excluding hydrogens is 182 g/mol. The van der Waals surface area contributed by atoms with E-state index >= 15 is 0 Å². The Morgan fingerprint density at radius 3 is 2.79 bits per heavy atom. The summed E-state index contributed by atoms with van der Waals surface area (Å²) < 4.78 is 5.03. The first kappa shape index (κ1) is 11.5. The van der Waals surface area contributed by atoms with Crippen LogP contribution >= 0.6 is 0 Å². The van der Waals surface area contributed by atoms with Crippen molar-refractivity contribution in [1.82, 2.24) is 0 Å². The predicted octanol–water partition coefficient (Wildman–Crippen LogP) is 0.709. The van der Waals surface area contributed by atoms with Crippen LogP contribution in [0.25, 0.3) is 0 Å². The summed E-state index contributed by atoms with van der Waals surface area (Å²) in [6.07, 6.45) is 1.58. The van der Waals surface area contributed by atoms with Crippen molar-refractivity contribution >= 4 is 5.97 Å². The second-order valence-electron chi connectivity index (χ2n) is 4.43. The van der Waals surface area contributed by atoms with Crippen LogP contribution in [-0.4, -0.2) is 31.3 Å². The number of carbonyl (C=O) groups is 1. The first-order valence-electron chi connectivity index (χ1n) is 4.97. The van der Waals surface area contributed by atoms with Crippen LogP contribution in [0.15, 0.2) is 0 Å². The highest BCUT2D eigenvalue weighted by Crippen LogP contribution is 2.55. The van der Waals surface area contributed by atoms with Gasteiger partial charge in [-0.3, -0.25) is 4.79 Å². The molecule has 1 aliphatic rings. The minimum atomic E-state index is -0.708. The van der Waals surface area contributed by atoms with E-state index in [0.717, 1.165) is 12.8 Å². The molecule has 1 rings (SSSR count). The first-order valence-corrected chi connectivity index (χ1v) is 4.97. The van der Waals surface area contributed by atoms with Crippen molar-refractivity contribution in [3.05, 3.63) is 0 Å². The van der Waals surface area contributed by atoms with Crippen LogP contribution in [-0.2, 0) is 9.53 Å². The van der Waals surface area contributed by atoms with E-state index in [4.69, 9.17) is 15.6 Å². The highest BCUT2D eigenvalue weighted by Gasteiger charge is 2.57. The third-order valence-electron chi connectivity index (χ3n) is 3.10. The SMILES string of the molecule is COCC(C)CC1(CN)CC1C(=O)O. The molecule has 0 radical (unpaired) electrons. The van der Waals surface area contributed by atoms with Gasteiger partial charge in [0.15, 0.2) is 0 Å². The van der Waals surface area contributed by atoms with E-state index in [-0.39, 0.29) is 11.3 Å². The van der Waals surface area contributed by atoms with Crippen molar-refractivity contribution in [2.24, 2.45) is 23.0 Å². The maximum Gasteiger partial charge on any atom is 0.307 e. The van der Waals surface area contributed by atoms with E-state index in [0.29, 0.717) is 19.1 Å². The number of methoxy groups -OCH3 is 1. The quantitative estimate of drug-likeness (QED) is 0.663. The van der Waals surface area contributed by atoms with Gasteiger partial charge in [0.1, 0.15) is 0 Å². The normalized spacial score (nSPS) is 32.6. The van der Waals surface area contributed by atoms with E-state index in [1.54, 1.807) is 7.11 Å². The molecule has 4 nitrogen and oxygen atoms in total. The Bertz CT molecular complexity index is 219. The van der Waals surface area contributed by atoms with Crippen LogP contribution in [0.2, 0.25) is 0 Å². The van der Waals surface area contributed by atoms with Crippen LogP contribution in [0.1, 0.15) is 19.8 Å². The molecule has 1 fully saturated rings. The summed E-state index contributed by atoms with van der Waals surface area (Å²) in [5.74, 6) is -0.556. The first-order chi connectivity index (χ1) is 6.55.